The summed E-state index contributed by atoms with van der Waals surface area (Å²) in [5.41, 5.74) is 6.11. The Labute approximate surface area is 190 Å². The van der Waals surface area contributed by atoms with Crippen molar-refractivity contribution in [3.8, 4) is 10.4 Å². The number of hydrogen-bond acceptors (Lipinski definition) is 3. The van der Waals surface area contributed by atoms with Gasteiger partial charge in [0.05, 0.1) is 0 Å². The molecule has 0 atom stereocenters. The summed E-state index contributed by atoms with van der Waals surface area (Å²) in [5, 5.41) is 7.86. The summed E-state index contributed by atoms with van der Waals surface area (Å²) in [6, 6.07) is 23.8. The fourth-order valence-electron chi connectivity index (χ4n) is 4.15. The van der Waals surface area contributed by atoms with E-state index in [2.05, 4.69) is 82.9 Å². The molecule has 2 aliphatic rings. The van der Waals surface area contributed by atoms with Crippen LogP contribution in [0.3, 0.4) is 0 Å². The molecule has 5 aromatic rings. The number of hydrogen-bond donors (Lipinski definition) is 0. The maximum Gasteiger partial charge on any atom is 0.0377 e. The number of aryl methyl sites for hydroxylation is 4. The summed E-state index contributed by atoms with van der Waals surface area (Å²) >= 11 is 5.57. The summed E-state index contributed by atoms with van der Waals surface area (Å²) in [4.78, 5) is 3.12. The van der Waals surface area contributed by atoms with E-state index in [0.717, 1.165) is 0 Å². The molecule has 3 heterocycles. The van der Waals surface area contributed by atoms with Crippen molar-refractivity contribution in [2.45, 2.75) is 32.1 Å². The Morgan fingerprint density at radius 1 is 0.533 bits per heavy atom. The molecule has 0 amide bonds. The predicted molar refractivity (Wildman–Crippen MR) is 135 cm³/mol. The van der Waals surface area contributed by atoms with Crippen LogP contribution in [0, 0.1) is 0 Å². The molecule has 0 N–H and O–H groups in total. The lowest BCUT2D eigenvalue weighted by Crippen LogP contribution is -1.99. The molecule has 0 saturated carbocycles. The van der Waals surface area contributed by atoms with Crippen LogP contribution in [0.2, 0.25) is 0 Å². The zero-order valence-electron chi connectivity index (χ0n) is 16.8. The van der Waals surface area contributed by atoms with Crippen LogP contribution in [0.25, 0.3) is 20.5 Å². The Hall–Kier alpha value is -2.20. The summed E-state index contributed by atoms with van der Waals surface area (Å²) in [7, 11) is 0. The average molecular weight is 445 g/mol. The number of fused-ring (bicyclic) bond motifs is 5. The monoisotopic (exact) mass is 444 g/mol. The molecule has 0 bridgehead atoms. The molecule has 0 nitrogen and oxygen atoms in total. The van der Waals surface area contributed by atoms with Gasteiger partial charge in [-0.05, 0) is 100 Å². The van der Waals surface area contributed by atoms with E-state index in [4.69, 9.17) is 0 Å². The Bertz CT molecular complexity index is 1190. The van der Waals surface area contributed by atoms with E-state index in [9.17, 15) is 0 Å². The first kappa shape index (κ1) is 19.7. The smallest absolute Gasteiger partial charge is 0.0377 e. The molecular formula is C27H24S3. The number of thiophene rings is 3. The molecule has 2 aromatic carbocycles. The normalized spacial score (nSPS) is 13.3. The van der Waals surface area contributed by atoms with Crippen molar-refractivity contribution < 1.29 is 0 Å². The number of benzene rings is 2. The molecule has 0 radical (unpaired) electrons. The third-order valence-corrected chi connectivity index (χ3v) is 8.63. The zero-order chi connectivity index (χ0) is 20.2. The first-order chi connectivity index (χ1) is 14.9. The summed E-state index contributed by atoms with van der Waals surface area (Å²) < 4.78 is 1.37. The van der Waals surface area contributed by atoms with Gasteiger partial charge < -0.3 is 0 Å². The van der Waals surface area contributed by atoms with E-state index in [0.29, 0.717) is 0 Å². The van der Waals surface area contributed by atoms with Crippen LogP contribution in [-0.4, -0.2) is 0 Å². The highest BCUT2D eigenvalue weighted by Crippen LogP contribution is 2.36. The zero-order valence-corrected chi connectivity index (χ0v) is 19.3. The van der Waals surface area contributed by atoms with Gasteiger partial charge in [0.15, 0.2) is 0 Å². The van der Waals surface area contributed by atoms with Crippen molar-refractivity contribution in [1.29, 1.82) is 0 Å². The minimum atomic E-state index is 1.21. The highest BCUT2D eigenvalue weighted by Gasteiger charge is 2.15. The van der Waals surface area contributed by atoms with Crippen molar-refractivity contribution in [2.24, 2.45) is 0 Å². The maximum atomic E-state index is 2.26. The highest BCUT2D eigenvalue weighted by molar-refractivity contribution is 7.17. The van der Waals surface area contributed by atoms with E-state index in [1.54, 1.807) is 21.8 Å². The van der Waals surface area contributed by atoms with Gasteiger partial charge in [0, 0.05) is 14.5 Å². The van der Waals surface area contributed by atoms with E-state index in [1.165, 1.54) is 63.8 Å². The lowest BCUT2D eigenvalue weighted by atomic mass is 9.92. The molecule has 7 rings (SSSR count). The second-order valence-electron chi connectivity index (χ2n) is 7.61. The van der Waals surface area contributed by atoms with Crippen LogP contribution in [0.4, 0.5) is 0 Å². The molecule has 0 unspecified atom stereocenters. The molecule has 30 heavy (non-hydrogen) atoms. The average Bonchev–Trinajstić information content (AvgIpc) is 3.58. The van der Waals surface area contributed by atoms with Gasteiger partial charge in [0.2, 0.25) is 0 Å². The summed E-state index contributed by atoms with van der Waals surface area (Å²) in [6.45, 7) is 0. The van der Waals surface area contributed by atoms with Crippen LogP contribution in [0.15, 0.2) is 82.9 Å². The van der Waals surface area contributed by atoms with Gasteiger partial charge in [-0.3, -0.25) is 0 Å². The Morgan fingerprint density at radius 2 is 1.30 bits per heavy atom. The van der Waals surface area contributed by atoms with Crippen molar-refractivity contribution in [2.75, 3.05) is 0 Å². The Kier molecular flexibility index (Phi) is 6.12. The molecule has 0 spiro atoms. The molecule has 0 aliphatic heterocycles. The van der Waals surface area contributed by atoms with Gasteiger partial charge in [-0.25, -0.2) is 0 Å². The van der Waals surface area contributed by atoms with Gasteiger partial charge in [-0.1, -0.05) is 42.5 Å². The second kappa shape index (κ2) is 9.30. The molecule has 2 aliphatic carbocycles. The first-order valence-electron chi connectivity index (χ1n) is 10.5. The maximum absolute atomic E-state index is 2.26. The number of rotatable bonds is 0. The van der Waals surface area contributed by atoms with Gasteiger partial charge in [0.1, 0.15) is 0 Å². The van der Waals surface area contributed by atoms with Gasteiger partial charge in [-0.2, -0.15) is 0 Å². The minimum absolute atomic E-state index is 1.21. The minimum Gasteiger partial charge on any atom is -0.149 e. The fourth-order valence-corrected chi connectivity index (χ4v) is 6.94. The fraction of sp³-hybridized carbons (Fsp3) is 0.185. The van der Waals surface area contributed by atoms with Crippen LogP contribution in [0.5, 0.6) is 0 Å². The van der Waals surface area contributed by atoms with Crippen LogP contribution in [-0.2, 0) is 25.7 Å². The SMILES string of the molecule is c1cc2c(s1)CCC2.c1ccc2c(c1)CCc1ccsc1-2.c1ccc2sccc2c1. The van der Waals surface area contributed by atoms with E-state index in [-0.39, 0.29) is 0 Å². The van der Waals surface area contributed by atoms with Crippen molar-refractivity contribution >= 4 is 44.1 Å². The molecule has 3 heteroatoms. The summed E-state index contributed by atoms with van der Waals surface area (Å²) in [5.74, 6) is 0. The van der Waals surface area contributed by atoms with Crippen LogP contribution < -0.4 is 0 Å². The molecular weight excluding hydrogens is 420 g/mol. The standard InChI is InChI=1S/C12H10S.C8H6S.C7H8S/c1-2-4-11-9(3-1)5-6-10-7-8-13-12(10)11;1-2-4-8-7(3-1)5-6-9-8;1-2-6-4-5-8-7(6)3-1/h1-4,7-8H,5-6H2;1-6H;4-5H,1-3H2. The first-order valence-corrected chi connectivity index (χ1v) is 13.1. The quantitative estimate of drug-likeness (QED) is 0.224. The van der Waals surface area contributed by atoms with Crippen LogP contribution >= 0.6 is 34.0 Å². The van der Waals surface area contributed by atoms with Gasteiger partial charge in [-0.15, -0.1) is 34.0 Å². The predicted octanol–water partition coefficient (Wildman–Crippen LogP) is 8.65. The summed E-state index contributed by atoms with van der Waals surface area (Å²) in [6.07, 6.45) is 6.49. The lowest BCUT2D eigenvalue weighted by molar-refractivity contribution is 0.915. The van der Waals surface area contributed by atoms with Crippen molar-refractivity contribution in [1.82, 2.24) is 0 Å². The van der Waals surface area contributed by atoms with Gasteiger partial charge in [0.25, 0.3) is 0 Å². The third-order valence-electron chi connectivity index (χ3n) is 5.72. The van der Waals surface area contributed by atoms with Gasteiger partial charge >= 0.3 is 0 Å². The van der Waals surface area contributed by atoms with Crippen molar-refractivity contribution in [3.05, 3.63) is 104 Å². The largest absolute Gasteiger partial charge is 0.149 e. The van der Waals surface area contributed by atoms with Crippen molar-refractivity contribution in [3.63, 3.8) is 0 Å². The molecule has 150 valence electrons. The molecule has 0 fully saturated rings. The third kappa shape index (κ3) is 4.29. The Balaban J connectivity index is 0.000000100. The van der Waals surface area contributed by atoms with E-state index in [1.807, 2.05) is 22.7 Å². The molecule has 0 saturated heterocycles. The van der Waals surface area contributed by atoms with E-state index < -0.39 is 0 Å². The highest BCUT2D eigenvalue weighted by atomic mass is 32.1. The van der Waals surface area contributed by atoms with E-state index >= 15 is 0 Å². The molecule has 3 aromatic heterocycles. The lowest BCUT2D eigenvalue weighted by Gasteiger charge is -2.15. The second-order valence-corrected chi connectivity index (χ2v) is 10.5. The Morgan fingerprint density at radius 3 is 2.23 bits per heavy atom. The topological polar surface area (TPSA) is 0 Å². The van der Waals surface area contributed by atoms with Crippen LogP contribution in [0.1, 0.15) is 28.0 Å².